The fourth-order valence-electron chi connectivity index (χ4n) is 3.09. The third kappa shape index (κ3) is 5.39. The van der Waals surface area contributed by atoms with Crippen molar-refractivity contribution in [2.24, 2.45) is 0 Å². The Morgan fingerprint density at radius 1 is 1.13 bits per heavy atom. The van der Waals surface area contributed by atoms with Gasteiger partial charge in [-0.25, -0.2) is 9.37 Å². The second-order valence-corrected chi connectivity index (χ2v) is 6.71. The Hall–Kier alpha value is -3.43. The number of alkyl halides is 3. The van der Waals surface area contributed by atoms with Gasteiger partial charge in [-0.15, -0.1) is 0 Å². The number of aromatic nitrogens is 2. The first kappa shape index (κ1) is 22.3. The van der Waals surface area contributed by atoms with Crippen LogP contribution in [-0.4, -0.2) is 39.5 Å². The van der Waals surface area contributed by atoms with Crippen molar-refractivity contribution in [3.63, 3.8) is 0 Å². The largest absolute Gasteiger partial charge is 0.454 e. The molecular formula is C21H19F4N3O3. The Morgan fingerprint density at radius 3 is 2.55 bits per heavy atom. The van der Waals surface area contributed by atoms with E-state index in [9.17, 15) is 27.2 Å². The quantitative estimate of drug-likeness (QED) is 0.417. The Bertz CT molecular complexity index is 1090. The van der Waals surface area contributed by atoms with Crippen LogP contribution in [0, 0.1) is 5.82 Å². The van der Waals surface area contributed by atoms with Crippen LogP contribution < -0.4 is 0 Å². The zero-order valence-electron chi connectivity index (χ0n) is 16.5. The molecule has 0 N–H and O–H groups in total. The highest BCUT2D eigenvalue weighted by Gasteiger charge is 2.38. The van der Waals surface area contributed by atoms with Crippen molar-refractivity contribution in [3.8, 4) is 0 Å². The molecule has 0 unspecified atom stereocenters. The molecule has 3 aromatic rings. The van der Waals surface area contributed by atoms with E-state index in [4.69, 9.17) is 4.74 Å². The molecule has 0 aliphatic carbocycles. The van der Waals surface area contributed by atoms with Crippen molar-refractivity contribution < 1.29 is 31.9 Å². The molecule has 1 amide bonds. The first-order valence-corrected chi connectivity index (χ1v) is 9.39. The first-order chi connectivity index (χ1) is 14.7. The number of halogens is 4. The van der Waals surface area contributed by atoms with Gasteiger partial charge in [-0.3, -0.25) is 9.59 Å². The fourth-order valence-corrected chi connectivity index (χ4v) is 3.09. The predicted octanol–water partition coefficient (Wildman–Crippen LogP) is 3.79. The number of likely N-dealkylation sites (N-methyl/N-ethyl adjacent to an activating group) is 1. The van der Waals surface area contributed by atoms with Crippen molar-refractivity contribution in [2.45, 2.75) is 26.2 Å². The summed E-state index contributed by atoms with van der Waals surface area (Å²) in [7, 11) is 0. The van der Waals surface area contributed by atoms with Crippen LogP contribution in [0.3, 0.4) is 0 Å². The topological polar surface area (TPSA) is 64.4 Å². The van der Waals surface area contributed by atoms with E-state index in [0.717, 1.165) is 0 Å². The Labute approximate surface area is 175 Å². The number of carbonyl (C=O) groups excluding carboxylic acids is 2. The molecule has 2 aromatic carbocycles. The predicted molar refractivity (Wildman–Crippen MR) is 103 cm³/mol. The molecule has 0 aliphatic heterocycles. The number of imidazole rings is 1. The van der Waals surface area contributed by atoms with Gasteiger partial charge in [-0.05, 0) is 36.8 Å². The Morgan fingerprint density at radius 2 is 1.87 bits per heavy atom. The number of benzene rings is 2. The first-order valence-electron chi connectivity index (χ1n) is 9.39. The molecule has 0 bridgehead atoms. The van der Waals surface area contributed by atoms with E-state index in [1.807, 2.05) is 0 Å². The van der Waals surface area contributed by atoms with E-state index < -0.39 is 42.8 Å². The zero-order valence-corrected chi connectivity index (χ0v) is 16.5. The van der Waals surface area contributed by atoms with Gasteiger partial charge < -0.3 is 14.2 Å². The highest BCUT2D eigenvalue weighted by molar-refractivity contribution is 5.82. The van der Waals surface area contributed by atoms with Crippen LogP contribution in [0.2, 0.25) is 0 Å². The third-order valence-electron chi connectivity index (χ3n) is 4.55. The second-order valence-electron chi connectivity index (χ2n) is 6.71. The van der Waals surface area contributed by atoms with Crippen LogP contribution in [-0.2, 0) is 33.6 Å². The second kappa shape index (κ2) is 9.15. The van der Waals surface area contributed by atoms with Crippen LogP contribution in [0.5, 0.6) is 0 Å². The van der Waals surface area contributed by atoms with Gasteiger partial charge >= 0.3 is 12.1 Å². The number of ether oxygens (including phenoxy) is 1. The smallest absolute Gasteiger partial charge is 0.449 e. The summed E-state index contributed by atoms with van der Waals surface area (Å²) < 4.78 is 58.9. The van der Waals surface area contributed by atoms with Gasteiger partial charge in [-0.2, -0.15) is 13.2 Å². The van der Waals surface area contributed by atoms with E-state index in [2.05, 4.69) is 4.98 Å². The van der Waals surface area contributed by atoms with Gasteiger partial charge in [0, 0.05) is 13.1 Å². The van der Waals surface area contributed by atoms with E-state index in [1.165, 1.54) is 47.4 Å². The number of amides is 1. The van der Waals surface area contributed by atoms with Crippen molar-refractivity contribution in [3.05, 3.63) is 65.7 Å². The molecule has 6 nitrogen and oxygen atoms in total. The number of fused-ring (bicyclic) bond motifs is 1. The van der Waals surface area contributed by atoms with E-state index in [1.54, 1.807) is 13.0 Å². The van der Waals surface area contributed by atoms with Crippen molar-refractivity contribution in [1.82, 2.24) is 14.5 Å². The molecule has 0 fully saturated rings. The molecule has 1 aromatic heterocycles. The standard InChI is InChI=1S/C21H19F4N3O3/c1-2-27(11-14-6-5-7-15(22)10-14)18(29)13-31-19(30)12-28-17-9-4-3-8-16(17)26-20(28)21(23,24)25/h3-10H,2,11-13H2,1H3. The molecule has 31 heavy (non-hydrogen) atoms. The molecule has 0 radical (unpaired) electrons. The lowest BCUT2D eigenvalue weighted by Gasteiger charge is -2.21. The van der Waals surface area contributed by atoms with E-state index >= 15 is 0 Å². The maximum Gasteiger partial charge on any atom is 0.449 e. The number of carbonyl (C=O) groups is 2. The van der Waals surface area contributed by atoms with Gasteiger partial charge in [0.15, 0.2) is 6.61 Å². The lowest BCUT2D eigenvalue weighted by Crippen LogP contribution is -2.34. The lowest BCUT2D eigenvalue weighted by atomic mass is 10.2. The maximum absolute atomic E-state index is 13.3. The highest BCUT2D eigenvalue weighted by atomic mass is 19.4. The number of esters is 1. The Balaban J connectivity index is 1.66. The average molecular weight is 437 g/mol. The van der Waals surface area contributed by atoms with Gasteiger partial charge in [-0.1, -0.05) is 24.3 Å². The van der Waals surface area contributed by atoms with Crippen LogP contribution >= 0.6 is 0 Å². The molecule has 1 heterocycles. The number of nitrogens with zero attached hydrogens (tertiary/aromatic N) is 3. The summed E-state index contributed by atoms with van der Waals surface area (Å²) in [5.41, 5.74) is 0.770. The molecule has 0 atom stereocenters. The summed E-state index contributed by atoms with van der Waals surface area (Å²) in [6, 6.07) is 11.6. The summed E-state index contributed by atoms with van der Waals surface area (Å²) >= 11 is 0. The van der Waals surface area contributed by atoms with Crippen molar-refractivity contribution in [1.29, 1.82) is 0 Å². The molecule has 0 saturated carbocycles. The van der Waals surface area contributed by atoms with Gasteiger partial charge in [0.25, 0.3) is 5.91 Å². The normalized spacial score (nSPS) is 11.5. The van der Waals surface area contributed by atoms with E-state index in [-0.39, 0.29) is 24.1 Å². The minimum absolute atomic E-state index is 0.0888. The summed E-state index contributed by atoms with van der Waals surface area (Å²) in [4.78, 5) is 29.5. The zero-order chi connectivity index (χ0) is 22.6. The number of rotatable bonds is 7. The molecule has 3 rings (SSSR count). The van der Waals surface area contributed by atoms with Crippen LogP contribution in [0.1, 0.15) is 18.3 Å². The number of hydrogen-bond donors (Lipinski definition) is 0. The summed E-state index contributed by atoms with van der Waals surface area (Å²) in [5, 5.41) is 0. The fraction of sp³-hybridized carbons (Fsp3) is 0.286. The summed E-state index contributed by atoms with van der Waals surface area (Å²) in [6.07, 6.45) is -4.76. The monoisotopic (exact) mass is 437 g/mol. The lowest BCUT2D eigenvalue weighted by molar-refractivity contribution is -0.155. The molecule has 0 spiro atoms. The van der Waals surface area contributed by atoms with Crippen LogP contribution in [0.25, 0.3) is 11.0 Å². The van der Waals surface area contributed by atoms with Crippen molar-refractivity contribution >= 4 is 22.9 Å². The molecule has 0 aliphatic rings. The highest BCUT2D eigenvalue weighted by Crippen LogP contribution is 2.31. The van der Waals surface area contributed by atoms with Gasteiger partial charge in [0.05, 0.1) is 11.0 Å². The van der Waals surface area contributed by atoms with Gasteiger partial charge in [0.2, 0.25) is 5.82 Å². The molecule has 0 saturated heterocycles. The third-order valence-corrected chi connectivity index (χ3v) is 4.55. The summed E-state index contributed by atoms with van der Waals surface area (Å²) in [5.74, 6) is -3.23. The maximum atomic E-state index is 13.3. The average Bonchev–Trinajstić information content (AvgIpc) is 3.09. The van der Waals surface area contributed by atoms with Crippen LogP contribution in [0.15, 0.2) is 48.5 Å². The Kier molecular flexibility index (Phi) is 6.57. The number of hydrogen-bond acceptors (Lipinski definition) is 4. The molecule has 164 valence electrons. The van der Waals surface area contributed by atoms with E-state index in [0.29, 0.717) is 10.1 Å². The van der Waals surface area contributed by atoms with Crippen LogP contribution in [0.4, 0.5) is 17.6 Å². The summed E-state index contributed by atoms with van der Waals surface area (Å²) in [6.45, 7) is 0.688. The minimum Gasteiger partial charge on any atom is -0.454 e. The molecular weight excluding hydrogens is 418 g/mol. The number of para-hydroxylation sites is 2. The minimum atomic E-state index is -4.76. The van der Waals surface area contributed by atoms with Crippen molar-refractivity contribution in [2.75, 3.05) is 13.2 Å². The van der Waals surface area contributed by atoms with Gasteiger partial charge in [0.1, 0.15) is 12.4 Å². The molecule has 10 heteroatoms. The SMILES string of the molecule is CCN(Cc1cccc(F)c1)C(=O)COC(=O)Cn1c(C(F)(F)F)nc2ccccc21.